The van der Waals surface area contributed by atoms with Crippen LogP contribution >= 0.6 is 0 Å². The van der Waals surface area contributed by atoms with Gasteiger partial charge in [0.25, 0.3) is 5.91 Å². The van der Waals surface area contributed by atoms with E-state index in [2.05, 4.69) is 36.9 Å². The van der Waals surface area contributed by atoms with Gasteiger partial charge in [-0.15, -0.1) is 0 Å². The minimum Gasteiger partial charge on any atom is -0.379 e. The molecule has 1 N–H and O–H groups in total. The first-order valence-electron chi connectivity index (χ1n) is 11.3. The molecule has 1 saturated carbocycles. The van der Waals surface area contributed by atoms with Gasteiger partial charge in [-0.05, 0) is 43.0 Å². The minimum absolute atomic E-state index is 0.161. The summed E-state index contributed by atoms with van der Waals surface area (Å²) in [5, 5.41) is 2.98. The van der Waals surface area contributed by atoms with E-state index >= 15 is 0 Å². The second-order valence-electron chi connectivity index (χ2n) is 8.51. The molecule has 2 fully saturated rings. The van der Waals surface area contributed by atoms with Gasteiger partial charge in [0.1, 0.15) is 5.52 Å². The molecule has 1 saturated heterocycles. The number of carbonyl (C=O) groups excluding carboxylic acids is 1. The van der Waals surface area contributed by atoms with Crippen LogP contribution in [-0.2, 0) is 11.2 Å². The highest BCUT2D eigenvalue weighted by Crippen LogP contribution is 2.31. The number of hydrogen-bond acceptors (Lipinski definition) is 5. The fourth-order valence-electron chi connectivity index (χ4n) is 4.56. The molecule has 162 valence electrons. The van der Waals surface area contributed by atoms with Crippen molar-refractivity contribution in [1.82, 2.24) is 19.4 Å². The van der Waals surface area contributed by atoms with Crippen LogP contribution in [0.1, 0.15) is 47.6 Å². The van der Waals surface area contributed by atoms with E-state index in [9.17, 15) is 4.79 Å². The molecule has 5 rings (SSSR count). The number of morpholine rings is 1. The second-order valence-corrected chi connectivity index (χ2v) is 8.51. The van der Waals surface area contributed by atoms with Gasteiger partial charge in [-0.3, -0.25) is 9.69 Å². The number of anilines is 1. The number of carbonyl (C=O) groups is 1. The Labute approximate surface area is 182 Å². The topological polar surface area (TPSA) is 72.3 Å². The number of pyridine rings is 1. The fourth-order valence-corrected chi connectivity index (χ4v) is 4.56. The molecule has 0 unspecified atom stereocenters. The van der Waals surface area contributed by atoms with Crippen LogP contribution in [0.2, 0.25) is 0 Å². The van der Waals surface area contributed by atoms with Crippen LogP contribution in [-0.4, -0.2) is 58.2 Å². The molecule has 0 radical (unpaired) electrons. The largest absolute Gasteiger partial charge is 0.379 e. The Balaban J connectivity index is 1.20. The van der Waals surface area contributed by atoms with Gasteiger partial charge in [-0.1, -0.05) is 25.0 Å². The molecule has 7 heteroatoms. The highest BCUT2D eigenvalue weighted by molar-refractivity contribution is 6.05. The van der Waals surface area contributed by atoms with E-state index in [0.29, 0.717) is 11.6 Å². The molecule has 1 aromatic carbocycles. The molecule has 2 aromatic heterocycles. The van der Waals surface area contributed by atoms with Gasteiger partial charge in [0.2, 0.25) is 0 Å². The van der Waals surface area contributed by atoms with Crippen molar-refractivity contribution in [3.8, 4) is 0 Å². The second kappa shape index (κ2) is 9.16. The van der Waals surface area contributed by atoms with Crippen LogP contribution in [0.4, 0.5) is 5.69 Å². The molecule has 2 aliphatic rings. The quantitative estimate of drug-likeness (QED) is 0.660. The Kier molecular flexibility index (Phi) is 5.95. The maximum absolute atomic E-state index is 12.7. The van der Waals surface area contributed by atoms with Crippen molar-refractivity contribution in [3.63, 3.8) is 0 Å². The number of nitrogens with zero attached hydrogens (tertiary/aromatic N) is 4. The first-order valence-corrected chi connectivity index (χ1v) is 11.3. The van der Waals surface area contributed by atoms with E-state index in [1.807, 2.05) is 24.5 Å². The van der Waals surface area contributed by atoms with Crippen molar-refractivity contribution in [2.75, 3.05) is 38.2 Å². The number of benzene rings is 1. The predicted octanol–water partition coefficient (Wildman–Crippen LogP) is 3.67. The van der Waals surface area contributed by atoms with Crippen LogP contribution in [0.3, 0.4) is 0 Å². The van der Waals surface area contributed by atoms with Gasteiger partial charge < -0.3 is 14.6 Å². The van der Waals surface area contributed by atoms with E-state index in [-0.39, 0.29) is 5.91 Å². The Morgan fingerprint density at radius 1 is 1.10 bits per heavy atom. The van der Waals surface area contributed by atoms with E-state index in [4.69, 9.17) is 4.74 Å². The summed E-state index contributed by atoms with van der Waals surface area (Å²) in [6.45, 7) is 4.70. The number of hydrogen-bond donors (Lipinski definition) is 1. The Bertz CT molecular complexity index is 1030. The summed E-state index contributed by atoms with van der Waals surface area (Å²) in [4.78, 5) is 24.2. The fraction of sp³-hybridized carbons (Fsp3) is 0.458. The first kappa shape index (κ1) is 20.2. The average molecular weight is 420 g/mol. The van der Waals surface area contributed by atoms with Gasteiger partial charge in [-0.2, -0.15) is 0 Å². The Morgan fingerprint density at radius 3 is 2.65 bits per heavy atom. The molecule has 7 nitrogen and oxygen atoms in total. The van der Waals surface area contributed by atoms with E-state index in [1.165, 1.54) is 31.2 Å². The number of fused-ring (bicyclic) bond motifs is 1. The molecule has 0 atom stereocenters. The number of rotatable bonds is 6. The smallest absolute Gasteiger partial charge is 0.257 e. The lowest BCUT2D eigenvalue weighted by Crippen LogP contribution is -2.37. The van der Waals surface area contributed by atoms with E-state index in [1.54, 1.807) is 6.20 Å². The summed E-state index contributed by atoms with van der Waals surface area (Å²) in [5.74, 6) is -0.161. The molecular weight excluding hydrogens is 390 g/mol. The van der Waals surface area contributed by atoms with Crippen molar-refractivity contribution < 1.29 is 9.53 Å². The zero-order chi connectivity index (χ0) is 21.0. The predicted molar refractivity (Wildman–Crippen MR) is 120 cm³/mol. The normalized spacial score (nSPS) is 17.9. The van der Waals surface area contributed by atoms with Crippen LogP contribution in [0.25, 0.3) is 11.2 Å². The molecule has 1 amide bonds. The molecule has 3 aromatic rings. The number of amides is 1. The summed E-state index contributed by atoms with van der Waals surface area (Å²) in [5.41, 5.74) is 4.23. The molecule has 1 aliphatic heterocycles. The number of nitrogens with one attached hydrogen (secondary N) is 1. The minimum atomic E-state index is -0.161. The maximum Gasteiger partial charge on any atom is 0.257 e. The standard InChI is InChI=1S/C24H29N5O2/c30-24(19-15-22-23(25-16-19)29(17-26-22)21-3-1-2-4-21)27-20-7-5-18(6-8-20)9-10-28-11-13-31-14-12-28/h5-8,15-17,21H,1-4,9-14H2,(H,27,30). The zero-order valence-electron chi connectivity index (χ0n) is 17.8. The highest BCUT2D eigenvalue weighted by Gasteiger charge is 2.20. The lowest BCUT2D eigenvalue weighted by atomic mass is 10.1. The van der Waals surface area contributed by atoms with Crippen molar-refractivity contribution in [2.24, 2.45) is 0 Å². The summed E-state index contributed by atoms with van der Waals surface area (Å²) in [6, 6.07) is 10.4. The van der Waals surface area contributed by atoms with Crippen LogP contribution in [0.15, 0.2) is 42.9 Å². The summed E-state index contributed by atoms with van der Waals surface area (Å²) in [6.07, 6.45) is 9.40. The number of imidazole rings is 1. The summed E-state index contributed by atoms with van der Waals surface area (Å²) >= 11 is 0. The van der Waals surface area contributed by atoms with E-state index < -0.39 is 0 Å². The van der Waals surface area contributed by atoms with Gasteiger partial charge in [0, 0.05) is 37.6 Å². The zero-order valence-corrected chi connectivity index (χ0v) is 17.8. The SMILES string of the molecule is O=C(Nc1ccc(CCN2CCOCC2)cc1)c1cnc2c(c1)ncn2C1CCCC1. The van der Waals surface area contributed by atoms with Gasteiger partial charge in [-0.25, -0.2) is 9.97 Å². The molecule has 31 heavy (non-hydrogen) atoms. The van der Waals surface area contributed by atoms with Gasteiger partial charge >= 0.3 is 0 Å². The highest BCUT2D eigenvalue weighted by atomic mass is 16.5. The van der Waals surface area contributed by atoms with E-state index in [0.717, 1.165) is 56.1 Å². The van der Waals surface area contributed by atoms with Crippen molar-refractivity contribution >= 4 is 22.8 Å². The summed E-state index contributed by atoms with van der Waals surface area (Å²) in [7, 11) is 0. The number of aromatic nitrogens is 3. The summed E-state index contributed by atoms with van der Waals surface area (Å²) < 4.78 is 7.56. The molecule has 0 bridgehead atoms. The maximum atomic E-state index is 12.7. The first-order chi connectivity index (χ1) is 15.3. The van der Waals surface area contributed by atoms with Gasteiger partial charge in [0.15, 0.2) is 5.65 Å². The average Bonchev–Trinajstić information content (AvgIpc) is 3.48. The van der Waals surface area contributed by atoms with Crippen LogP contribution in [0, 0.1) is 0 Å². The van der Waals surface area contributed by atoms with Crippen molar-refractivity contribution in [3.05, 3.63) is 54.0 Å². The lowest BCUT2D eigenvalue weighted by Gasteiger charge is -2.26. The molecule has 3 heterocycles. The Hall–Kier alpha value is -2.77. The Morgan fingerprint density at radius 2 is 1.87 bits per heavy atom. The third kappa shape index (κ3) is 4.62. The molecule has 0 spiro atoms. The van der Waals surface area contributed by atoms with Gasteiger partial charge in [0.05, 0.1) is 25.1 Å². The molecular formula is C24H29N5O2. The van der Waals surface area contributed by atoms with Crippen LogP contribution < -0.4 is 5.32 Å². The van der Waals surface area contributed by atoms with Crippen molar-refractivity contribution in [1.29, 1.82) is 0 Å². The monoisotopic (exact) mass is 419 g/mol. The number of ether oxygens (including phenoxy) is 1. The lowest BCUT2D eigenvalue weighted by molar-refractivity contribution is 0.0384. The third-order valence-electron chi connectivity index (χ3n) is 6.43. The van der Waals surface area contributed by atoms with Crippen LogP contribution in [0.5, 0.6) is 0 Å². The van der Waals surface area contributed by atoms with Crippen molar-refractivity contribution in [2.45, 2.75) is 38.1 Å². The third-order valence-corrected chi connectivity index (χ3v) is 6.43. The molecule has 1 aliphatic carbocycles.